The predicted octanol–water partition coefficient (Wildman–Crippen LogP) is 2.87. The molecule has 2 N–H and O–H groups in total. The highest BCUT2D eigenvalue weighted by Gasteiger charge is 2.23. The highest BCUT2D eigenvalue weighted by molar-refractivity contribution is 5.70. The lowest BCUT2D eigenvalue weighted by atomic mass is 9.91. The predicted molar refractivity (Wildman–Crippen MR) is 66.4 cm³/mol. The maximum Gasteiger partial charge on any atom is 0.0602 e. The molecule has 1 aromatic carbocycles. The van der Waals surface area contributed by atoms with Gasteiger partial charge in [-0.1, -0.05) is 0 Å². The van der Waals surface area contributed by atoms with E-state index in [1.807, 2.05) is 0 Å². The summed E-state index contributed by atoms with van der Waals surface area (Å²) < 4.78 is 0. The Balaban J connectivity index is 2.30. The molecule has 0 spiro atoms. The third kappa shape index (κ3) is 1.81. The maximum absolute atomic E-state index is 6.07. The first-order valence-electron chi connectivity index (χ1n) is 5.69. The first-order chi connectivity index (χ1) is 7.09. The molecule has 0 aliphatic heterocycles. The molecule has 1 aliphatic rings. The van der Waals surface area contributed by atoms with Gasteiger partial charge >= 0.3 is 0 Å². The minimum atomic E-state index is 0.703. The number of nitrogens with zero attached hydrogens (tertiary/aromatic N) is 1. The van der Waals surface area contributed by atoms with Crippen LogP contribution in [0, 0.1) is 13.8 Å². The smallest absolute Gasteiger partial charge is 0.0602 e. The molecular weight excluding hydrogens is 184 g/mol. The van der Waals surface area contributed by atoms with Crippen LogP contribution in [-0.2, 0) is 0 Å². The van der Waals surface area contributed by atoms with Crippen molar-refractivity contribution in [3.05, 3.63) is 23.3 Å². The minimum absolute atomic E-state index is 0.703. The van der Waals surface area contributed by atoms with Gasteiger partial charge in [0.2, 0.25) is 0 Å². The molecule has 1 saturated carbocycles. The third-order valence-electron chi connectivity index (χ3n) is 3.65. The second kappa shape index (κ2) is 3.76. The fourth-order valence-electron chi connectivity index (χ4n) is 2.10. The molecule has 1 aromatic rings. The number of hydrogen-bond donors (Lipinski definition) is 1. The van der Waals surface area contributed by atoms with Gasteiger partial charge in [0.1, 0.15) is 0 Å². The van der Waals surface area contributed by atoms with Crippen LogP contribution in [0.2, 0.25) is 0 Å². The van der Waals surface area contributed by atoms with Gasteiger partial charge in [-0.2, -0.15) is 0 Å². The van der Waals surface area contributed by atoms with E-state index in [0.717, 1.165) is 5.69 Å². The van der Waals surface area contributed by atoms with Gasteiger partial charge in [0, 0.05) is 13.1 Å². The Hall–Kier alpha value is -1.18. The van der Waals surface area contributed by atoms with Crippen molar-refractivity contribution in [2.75, 3.05) is 17.7 Å². The van der Waals surface area contributed by atoms with Crippen LogP contribution in [0.5, 0.6) is 0 Å². The molecule has 82 valence electrons. The van der Waals surface area contributed by atoms with Gasteiger partial charge in [0.05, 0.1) is 11.4 Å². The summed E-state index contributed by atoms with van der Waals surface area (Å²) >= 11 is 0. The highest BCUT2D eigenvalue weighted by Crippen LogP contribution is 2.33. The van der Waals surface area contributed by atoms with Crippen molar-refractivity contribution in [2.45, 2.75) is 39.2 Å². The van der Waals surface area contributed by atoms with Crippen LogP contribution in [0.15, 0.2) is 12.1 Å². The fraction of sp³-hybridized carbons (Fsp3) is 0.538. The topological polar surface area (TPSA) is 29.3 Å². The lowest BCUT2D eigenvalue weighted by Crippen LogP contribution is -2.37. The van der Waals surface area contributed by atoms with Crippen LogP contribution < -0.4 is 10.6 Å². The quantitative estimate of drug-likeness (QED) is 0.751. The van der Waals surface area contributed by atoms with Gasteiger partial charge in [-0.3, -0.25) is 0 Å². The third-order valence-corrected chi connectivity index (χ3v) is 3.65. The van der Waals surface area contributed by atoms with Crippen molar-refractivity contribution < 1.29 is 0 Å². The summed E-state index contributed by atoms with van der Waals surface area (Å²) in [5.41, 5.74) is 10.8. The largest absolute Gasteiger partial charge is 0.397 e. The molecule has 2 rings (SSSR count). The van der Waals surface area contributed by atoms with Gasteiger partial charge in [0.15, 0.2) is 0 Å². The molecule has 0 radical (unpaired) electrons. The Labute approximate surface area is 92.1 Å². The van der Waals surface area contributed by atoms with E-state index in [1.165, 1.54) is 36.1 Å². The second-order valence-corrected chi connectivity index (χ2v) is 4.69. The zero-order valence-corrected chi connectivity index (χ0v) is 9.88. The standard InChI is InChI=1S/C13H20N2/c1-9-7-12(14)13(8-10(9)2)15(3)11-5-4-6-11/h7-8,11H,4-6,14H2,1-3H3. The molecule has 0 heterocycles. The molecule has 0 aromatic heterocycles. The maximum atomic E-state index is 6.07. The second-order valence-electron chi connectivity index (χ2n) is 4.69. The summed E-state index contributed by atoms with van der Waals surface area (Å²) in [6.07, 6.45) is 3.98. The van der Waals surface area contributed by atoms with Crippen molar-refractivity contribution in [3.63, 3.8) is 0 Å². The van der Waals surface area contributed by atoms with Crippen LogP contribution in [0.4, 0.5) is 11.4 Å². The van der Waals surface area contributed by atoms with E-state index in [-0.39, 0.29) is 0 Å². The zero-order chi connectivity index (χ0) is 11.0. The normalized spacial score (nSPS) is 16.2. The monoisotopic (exact) mass is 204 g/mol. The van der Waals surface area contributed by atoms with E-state index in [9.17, 15) is 0 Å². The average Bonchev–Trinajstić information content (AvgIpc) is 2.08. The average molecular weight is 204 g/mol. The highest BCUT2D eigenvalue weighted by atomic mass is 15.1. The van der Waals surface area contributed by atoms with Crippen molar-refractivity contribution in [1.82, 2.24) is 0 Å². The lowest BCUT2D eigenvalue weighted by molar-refractivity contribution is 0.401. The summed E-state index contributed by atoms with van der Waals surface area (Å²) in [6, 6.07) is 5.00. The first-order valence-corrected chi connectivity index (χ1v) is 5.69. The number of hydrogen-bond acceptors (Lipinski definition) is 2. The van der Waals surface area contributed by atoms with Crippen molar-refractivity contribution >= 4 is 11.4 Å². The van der Waals surface area contributed by atoms with Crippen LogP contribution >= 0.6 is 0 Å². The number of nitrogens with two attached hydrogens (primary N) is 1. The molecule has 0 bridgehead atoms. The molecule has 0 unspecified atom stereocenters. The van der Waals surface area contributed by atoms with Crippen molar-refractivity contribution in [1.29, 1.82) is 0 Å². The Bertz CT molecular complexity index is 367. The van der Waals surface area contributed by atoms with Gasteiger partial charge in [0.25, 0.3) is 0 Å². The van der Waals surface area contributed by atoms with Gasteiger partial charge in [-0.15, -0.1) is 0 Å². The van der Waals surface area contributed by atoms with Crippen LogP contribution in [0.25, 0.3) is 0 Å². The van der Waals surface area contributed by atoms with E-state index >= 15 is 0 Å². The Morgan fingerprint density at radius 1 is 1.20 bits per heavy atom. The Kier molecular flexibility index (Phi) is 2.59. The SMILES string of the molecule is Cc1cc(N)c(N(C)C2CCC2)cc1C. The number of benzene rings is 1. The number of rotatable bonds is 2. The van der Waals surface area contributed by atoms with E-state index in [1.54, 1.807) is 0 Å². The van der Waals surface area contributed by atoms with Crippen LogP contribution in [-0.4, -0.2) is 13.1 Å². The minimum Gasteiger partial charge on any atom is -0.397 e. The van der Waals surface area contributed by atoms with Gasteiger partial charge < -0.3 is 10.6 Å². The lowest BCUT2D eigenvalue weighted by Gasteiger charge is -2.37. The molecule has 0 saturated heterocycles. The van der Waals surface area contributed by atoms with E-state index in [2.05, 4.69) is 37.9 Å². The van der Waals surface area contributed by atoms with Crippen molar-refractivity contribution in [2.24, 2.45) is 0 Å². The zero-order valence-electron chi connectivity index (χ0n) is 9.88. The number of anilines is 2. The molecule has 1 fully saturated rings. The first kappa shape index (κ1) is 10.3. The van der Waals surface area contributed by atoms with Gasteiger partial charge in [-0.05, 0) is 56.4 Å². The molecule has 2 nitrogen and oxygen atoms in total. The molecule has 2 heteroatoms. The van der Waals surface area contributed by atoms with Crippen LogP contribution in [0.3, 0.4) is 0 Å². The van der Waals surface area contributed by atoms with Crippen molar-refractivity contribution in [3.8, 4) is 0 Å². The molecule has 0 atom stereocenters. The molecule has 15 heavy (non-hydrogen) atoms. The Morgan fingerprint density at radius 3 is 2.33 bits per heavy atom. The van der Waals surface area contributed by atoms with Gasteiger partial charge in [-0.25, -0.2) is 0 Å². The fourth-order valence-corrected chi connectivity index (χ4v) is 2.10. The number of aryl methyl sites for hydroxylation is 2. The summed E-state index contributed by atoms with van der Waals surface area (Å²) in [5, 5.41) is 0. The summed E-state index contributed by atoms with van der Waals surface area (Å²) in [6.45, 7) is 4.26. The van der Waals surface area contributed by atoms with E-state index in [0.29, 0.717) is 6.04 Å². The molecular formula is C13H20N2. The van der Waals surface area contributed by atoms with Crippen LogP contribution in [0.1, 0.15) is 30.4 Å². The van der Waals surface area contributed by atoms with E-state index < -0.39 is 0 Å². The summed E-state index contributed by atoms with van der Waals surface area (Å²) in [7, 11) is 2.16. The number of nitrogen functional groups attached to an aromatic ring is 1. The van der Waals surface area contributed by atoms with E-state index in [4.69, 9.17) is 5.73 Å². The Morgan fingerprint density at radius 2 is 1.80 bits per heavy atom. The summed E-state index contributed by atoms with van der Waals surface area (Å²) in [4.78, 5) is 2.34. The summed E-state index contributed by atoms with van der Waals surface area (Å²) in [5.74, 6) is 0. The molecule has 1 aliphatic carbocycles. The molecule has 0 amide bonds.